The predicted octanol–water partition coefficient (Wildman–Crippen LogP) is 2.33. The summed E-state index contributed by atoms with van der Waals surface area (Å²) in [5, 5.41) is 0. The van der Waals surface area contributed by atoms with Crippen LogP contribution in [0.1, 0.15) is 25.0 Å². The third-order valence-corrected chi connectivity index (χ3v) is 4.86. The number of rotatable bonds is 4. The lowest BCUT2D eigenvalue weighted by Gasteiger charge is -2.19. The van der Waals surface area contributed by atoms with Crippen LogP contribution in [-0.2, 0) is 10.0 Å². The molecule has 0 atom stereocenters. The standard InChI is InChI=1S/C12H19NO2S/c1-5-13(6-2)16(14,15)12-8-7-10(3)9-11(12)4/h7-9H,5-6H2,1-4H3. The van der Waals surface area contributed by atoms with Gasteiger partial charge in [-0.1, -0.05) is 31.5 Å². The Morgan fingerprint density at radius 1 is 1.12 bits per heavy atom. The Morgan fingerprint density at radius 2 is 1.69 bits per heavy atom. The SMILES string of the molecule is CCN(CC)S(=O)(=O)c1ccc(C)cc1C. The van der Waals surface area contributed by atoms with Gasteiger partial charge in [-0.25, -0.2) is 8.42 Å². The van der Waals surface area contributed by atoms with Crippen molar-refractivity contribution in [3.05, 3.63) is 29.3 Å². The highest BCUT2D eigenvalue weighted by molar-refractivity contribution is 7.89. The molecule has 90 valence electrons. The minimum absolute atomic E-state index is 0.418. The third kappa shape index (κ3) is 2.44. The van der Waals surface area contributed by atoms with Crippen LogP contribution in [0.15, 0.2) is 23.1 Å². The Bertz CT molecular complexity index is 462. The molecule has 0 aliphatic rings. The van der Waals surface area contributed by atoms with E-state index >= 15 is 0 Å². The zero-order chi connectivity index (χ0) is 12.3. The zero-order valence-corrected chi connectivity index (χ0v) is 11.1. The van der Waals surface area contributed by atoms with E-state index < -0.39 is 10.0 Å². The van der Waals surface area contributed by atoms with E-state index in [4.69, 9.17) is 0 Å². The fourth-order valence-corrected chi connectivity index (χ4v) is 3.46. The molecule has 1 rings (SSSR count). The largest absolute Gasteiger partial charge is 0.243 e. The zero-order valence-electron chi connectivity index (χ0n) is 10.3. The van der Waals surface area contributed by atoms with Gasteiger partial charge in [0.1, 0.15) is 0 Å². The summed E-state index contributed by atoms with van der Waals surface area (Å²) in [7, 11) is -3.32. The number of sulfonamides is 1. The summed E-state index contributed by atoms with van der Waals surface area (Å²) >= 11 is 0. The topological polar surface area (TPSA) is 37.4 Å². The summed E-state index contributed by atoms with van der Waals surface area (Å²) in [5.41, 5.74) is 1.89. The Hall–Kier alpha value is -0.870. The number of hydrogen-bond donors (Lipinski definition) is 0. The van der Waals surface area contributed by atoms with Crippen molar-refractivity contribution in [2.24, 2.45) is 0 Å². The van der Waals surface area contributed by atoms with E-state index in [2.05, 4.69) is 0 Å². The van der Waals surface area contributed by atoms with Gasteiger partial charge < -0.3 is 0 Å². The molecule has 0 N–H and O–H groups in total. The summed E-state index contributed by atoms with van der Waals surface area (Å²) in [6, 6.07) is 5.43. The van der Waals surface area contributed by atoms with Crippen LogP contribution >= 0.6 is 0 Å². The van der Waals surface area contributed by atoms with Crippen molar-refractivity contribution in [3.63, 3.8) is 0 Å². The normalized spacial score (nSPS) is 12.1. The van der Waals surface area contributed by atoms with Gasteiger partial charge in [-0.2, -0.15) is 4.31 Å². The van der Waals surface area contributed by atoms with Gasteiger partial charge in [-0.15, -0.1) is 0 Å². The highest BCUT2D eigenvalue weighted by Crippen LogP contribution is 2.20. The third-order valence-electron chi connectivity index (χ3n) is 2.65. The Kier molecular flexibility index (Phi) is 4.10. The summed E-state index contributed by atoms with van der Waals surface area (Å²) in [4.78, 5) is 0.418. The first-order valence-corrected chi connectivity index (χ1v) is 6.94. The van der Waals surface area contributed by atoms with Crippen LogP contribution in [0.2, 0.25) is 0 Å². The highest BCUT2D eigenvalue weighted by Gasteiger charge is 2.22. The minimum Gasteiger partial charge on any atom is -0.207 e. The highest BCUT2D eigenvalue weighted by atomic mass is 32.2. The molecule has 0 bridgehead atoms. The molecule has 1 aromatic rings. The van der Waals surface area contributed by atoms with Crippen LogP contribution in [-0.4, -0.2) is 25.8 Å². The number of benzene rings is 1. The smallest absolute Gasteiger partial charge is 0.207 e. The van der Waals surface area contributed by atoms with Crippen molar-refractivity contribution in [3.8, 4) is 0 Å². The van der Waals surface area contributed by atoms with Crippen molar-refractivity contribution in [1.29, 1.82) is 0 Å². The molecule has 0 fully saturated rings. The molecular formula is C12H19NO2S. The molecule has 0 spiro atoms. The summed E-state index contributed by atoms with van der Waals surface area (Å²) in [6.07, 6.45) is 0. The van der Waals surface area contributed by atoms with Crippen molar-refractivity contribution in [1.82, 2.24) is 4.31 Å². The van der Waals surface area contributed by atoms with E-state index in [1.54, 1.807) is 6.07 Å². The molecule has 0 saturated carbocycles. The molecule has 0 aromatic heterocycles. The second kappa shape index (κ2) is 4.97. The van der Waals surface area contributed by atoms with Gasteiger partial charge in [0, 0.05) is 13.1 Å². The van der Waals surface area contributed by atoms with Crippen LogP contribution in [0.5, 0.6) is 0 Å². The van der Waals surface area contributed by atoms with Gasteiger partial charge in [-0.3, -0.25) is 0 Å². The second-order valence-corrected chi connectivity index (χ2v) is 5.76. The van der Waals surface area contributed by atoms with Crippen LogP contribution in [0.25, 0.3) is 0 Å². The predicted molar refractivity (Wildman–Crippen MR) is 66.0 cm³/mol. The van der Waals surface area contributed by atoms with Crippen LogP contribution < -0.4 is 0 Å². The van der Waals surface area contributed by atoms with Crippen molar-refractivity contribution < 1.29 is 8.42 Å². The van der Waals surface area contributed by atoms with E-state index in [0.29, 0.717) is 18.0 Å². The van der Waals surface area contributed by atoms with Crippen molar-refractivity contribution >= 4 is 10.0 Å². The van der Waals surface area contributed by atoms with Gasteiger partial charge in [-0.05, 0) is 25.5 Å². The van der Waals surface area contributed by atoms with E-state index in [-0.39, 0.29) is 0 Å². The van der Waals surface area contributed by atoms with Gasteiger partial charge in [0.15, 0.2) is 0 Å². The van der Waals surface area contributed by atoms with Gasteiger partial charge in [0.2, 0.25) is 10.0 Å². The molecule has 4 heteroatoms. The molecule has 0 amide bonds. The molecular weight excluding hydrogens is 222 g/mol. The lowest BCUT2D eigenvalue weighted by atomic mass is 10.2. The van der Waals surface area contributed by atoms with Crippen LogP contribution in [0, 0.1) is 13.8 Å². The Balaban J connectivity index is 3.27. The first-order chi connectivity index (χ1) is 7.43. The van der Waals surface area contributed by atoms with Crippen molar-refractivity contribution in [2.45, 2.75) is 32.6 Å². The molecule has 1 aromatic carbocycles. The van der Waals surface area contributed by atoms with Crippen molar-refractivity contribution in [2.75, 3.05) is 13.1 Å². The van der Waals surface area contributed by atoms with Gasteiger partial charge in [0.25, 0.3) is 0 Å². The maximum Gasteiger partial charge on any atom is 0.243 e. The molecule has 0 unspecified atom stereocenters. The summed E-state index contributed by atoms with van der Waals surface area (Å²) in [5.74, 6) is 0. The van der Waals surface area contributed by atoms with E-state index in [1.165, 1.54) is 4.31 Å². The quantitative estimate of drug-likeness (QED) is 0.811. The van der Waals surface area contributed by atoms with E-state index in [0.717, 1.165) is 11.1 Å². The Labute approximate surface area is 98.1 Å². The van der Waals surface area contributed by atoms with E-state index in [1.807, 2.05) is 39.8 Å². The van der Waals surface area contributed by atoms with Crippen LogP contribution in [0.4, 0.5) is 0 Å². The Morgan fingerprint density at radius 3 is 2.12 bits per heavy atom. The molecule has 3 nitrogen and oxygen atoms in total. The lowest BCUT2D eigenvalue weighted by molar-refractivity contribution is 0.445. The van der Waals surface area contributed by atoms with Gasteiger partial charge >= 0.3 is 0 Å². The monoisotopic (exact) mass is 241 g/mol. The molecule has 0 aliphatic carbocycles. The number of hydrogen-bond acceptors (Lipinski definition) is 2. The maximum atomic E-state index is 12.3. The first-order valence-electron chi connectivity index (χ1n) is 5.50. The lowest BCUT2D eigenvalue weighted by Crippen LogP contribution is -2.31. The second-order valence-electron chi connectivity index (χ2n) is 3.86. The maximum absolute atomic E-state index is 12.3. The number of aryl methyl sites for hydroxylation is 2. The number of nitrogens with zero attached hydrogens (tertiary/aromatic N) is 1. The fraction of sp³-hybridized carbons (Fsp3) is 0.500. The fourth-order valence-electron chi connectivity index (χ4n) is 1.79. The average Bonchev–Trinajstić information content (AvgIpc) is 2.18. The summed E-state index contributed by atoms with van der Waals surface area (Å²) in [6.45, 7) is 8.51. The van der Waals surface area contributed by atoms with Gasteiger partial charge in [0.05, 0.1) is 4.90 Å². The average molecular weight is 241 g/mol. The first kappa shape index (κ1) is 13.2. The molecule has 0 aliphatic heterocycles. The minimum atomic E-state index is -3.32. The molecule has 16 heavy (non-hydrogen) atoms. The molecule has 0 saturated heterocycles. The molecule has 0 radical (unpaired) electrons. The van der Waals surface area contributed by atoms with E-state index in [9.17, 15) is 8.42 Å². The summed E-state index contributed by atoms with van der Waals surface area (Å²) < 4.78 is 26.0. The molecule has 0 heterocycles. The van der Waals surface area contributed by atoms with Crippen LogP contribution in [0.3, 0.4) is 0 Å².